The maximum absolute atomic E-state index is 6.42. The van der Waals surface area contributed by atoms with E-state index < -0.39 is 0 Å². The van der Waals surface area contributed by atoms with Crippen LogP contribution in [0.1, 0.15) is 11.1 Å². The molecule has 0 atom stereocenters. The molecule has 0 saturated carbocycles. The van der Waals surface area contributed by atoms with Crippen LogP contribution in [0.15, 0.2) is 93.8 Å². The molecule has 3 heteroatoms. The van der Waals surface area contributed by atoms with Crippen molar-refractivity contribution >= 4 is 35.3 Å². The van der Waals surface area contributed by atoms with Gasteiger partial charge in [0, 0.05) is 0 Å². The third-order valence-electron chi connectivity index (χ3n) is 4.66. The summed E-state index contributed by atoms with van der Waals surface area (Å²) >= 11 is 4.30. The Morgan fingerprint density at radius 2 is 1.36 bits per heavy atom. The van der Waals surface area contributed by atoms with Gasteiger partial charge in [0.2, 0.25) is 0 Å². The monoisotopic (exact) mass is 496 g/mol. The summed E-state index contributed by atoms with van der Waals surface area (Å²) in [6.45, 7) is 2.11. The van der Waals surface area contributed by atoms with Gasteiger partial charge in [0.25, 0.3) is 0 Å². The third kappa shape index (κ3) is 4.33. The molecule has 0 fully saturated rings. The van der Waals surface area contributed by atoms with Gasteiger partial charge in [0.15, 0.2) is 0 Å². The third-order valence-corrected chi connectivity index (χ3v) is 7.62. The molecule has 4 rings (SSSR count). The van der Waals surface area contributed by atoms with Gasteiger partial charge in [-0.05, 0) is 0 Å². The number of aryl methyl sites for hydroxylation is 1. The molecule has 0 radical (unpaired) electrons. The molecule has 3 aromatic carbocycles. The van der Waals surface area contributed by atoms with Gasteiger partial charge in [-0.1, -0.05) is 0 Å². The summed E-state index contributed by atoms with van der Waals surface area (Å²) in [6, 6.07) is 29.7. The van der Waals surface area contributed by atoms with Crippen LogP contribution in [-0.4, -0.2) is 15.0 Å². The van der Waals surface area contributed by atoms with Gasteiger partial charge in [0.1, 0.15) is 0 Å². The first-order valence-corrected chi connectivity index (χ1v) is 12.2. The van der Waals surface area contributed by atoms with E-state index in [1.807, 2.05) is 18.2 Å². The van der Waals surface area contributed by atoms with Crippen LogP contribution in [0, 0.1) is 6.92 Å². The molecule has 28 heavy (non-hydrogen) atoms. The Bertz CT molecular complexity index is 1040. The minimum absolute atomic E-state index is 0.454. The average molecular weight is 496 g/mol. The summed E-state index contributed by atoms with van der Waals surface area (Å²) in [5, 5.41) is 1.14. The fraction of sp³-hybridized carbons (Fsp3) is 0.120. The first kappa shape index (κ1) is 19.3. The van der Waals surface area contributed by atoms with Gasteiger partial charge in [-0.15, -0.1) is 0 Å². The summed E-state index contributed by atoms with van der Waals surface area (Å²) in [6.07, 6.45) is 0.995. The molecule has 0 aliphatic rings. The van der Waals surface area contributed by atoms with E-state index in [0.717, 1.165) is 38.9 Å². The molecule has 0 amide bonds. The molecule has 1 aromatic heterocycles. The molecule has 0 saturated heterocycles. The summed E-state index contributed by atoms with van der Waals surface area (Å²) in [4.78, 5) is 0. The van der Waals surface area contributed by atoms with Crippen LogP contribution in [0.5, 0.6) is 0 Å². The molecule has 4 aromatic rings. The minimum atomic E-state index is 0.454. The van der Waals surface area contributed by atoms with Crippen molar-refractivity contribution in [1.82, 2.24) is 0 Å². The van der Waals surface area contributed by atoms with Crippen molar-refractivity contribution in [3.63, 3.8) is 0 Å². The van der Waals surface area contributed by atoms with E-state index >= 15 is 0 Å². The quantitative estimate of drug-likeness (QED) is 0.272. The van der Waals surface area contributed by atoms with E-state index in [2.05, 4.69) is 89.6 Å². The normalized spacial score (nSPS) is 10.9. The summed E-state index contributed by atoms with van der Waals surface area (Å²) < 4.78 is 8.94. The molecule has 1 nitrogen and oxygen atoms in total. The van der Waals surface area contributed by atoms with Crippen LogP contribution in [-0.2, 0) is 6.42 Å². The van der Waals surface area contributed by atoms with E-state index in [0.29, 0.717) is 15.0 Å². The second kappa shape index (κ2) is 8.96. The van der Waals surface area contributed by atoms with Gasteiger partial charge < -0.3 is 0 Å². The molecular formula is C25H21BrOSe. The topological polar surface area (TPSA) is 13.1 Å². The van der Waals surface area contributed by atoms with E-state index in [1.54, 1.807) is 0 Å². The fourth-order valence-corrected chi connectivity index (χ4v) is 5.73. The number of furan rings is 1. The predicted molar refractivity (Wildman–Crippen MR) is 122 cm³/mol. The van der Waals surface area contributed by atoms with Crippen LogP contribution in [0.25, 0.3) is 22.6 Å². The Kier molecular flexibility index (Phi) is 6.16. The van der Waals surface area contributed by atoms with Crippen LogP contribution < -0.4 is 4.46 Å². The van der Waals surface area contributed by atoms with Crippen LogP contribution >= 0.6 is 15.9 Å². The molecule has 140 valence electrons. The van der Waals surface area contributed by atoms with Gasteiger partial charge in [0.05, 0.1) is 0 Å². The average Bonchev–Trinajstić information content (AvgIpc) is 3.06. The standard InChI is InChI=1S/C25H21BrOSe/c1-18-12-14-20(15-13-18)24-22(16-17-28-21-10-6-3-7-11-21)23(26)25(27-24)19-8-4-2-5-9-19/h2-15H,16-17H2,1H3. The Morgan fingerprint density at radius 3 is 2.04 bits per heavy atom. The zero-order valence-corrected chi connectivity index (χ0v) is 19.0. The second-order valence-electron chi connectivity index (χ2n) is 6.70. The van der Waals surface area contributed by atoms with E-state index in [-0.39, 0.29) is 0 Å². The van der Waals surface area contributed by atoms with Crippen molar-refractivity contribution in [2.45, 2.75) is 18.7 Å². The second-order valence-corrected chi connectivity index (χ2v) is 9.94. The van der Waals surface area contributed by atoms with Crippen molar-refractivity contribution in [2.75, 3.05) is 0 Å². The van der Waals surface area contributed by atoms with Gasteiger partial charge in [-0.3, -0.25) is 0 Å². The number of benzene rings is 3. The number of hydrogen-bond donors (Lipinski definition) is 0. The van der Waals surface area contributed by atoms with Crippen molar-refractivity contribution in [3.05, 3.63) is 101 Å². The molecule has 0 N–H and O–H groups in total. The molecule has 0 aliphatic heterocycles. The zero-order valence-electron chi connectivity index (χ0n) is 15.7. The van der Waals surface area contributed by atoms with Gasteiger partial charge in [-0.25, -0.2) is 0 Å². The summed E-state index contributed by atoms with van der Waals surface area (Å²) in [7, 11) is 0. The predicted octanol–water partition coefficient (Wildman–Crippen LogP) is 6.68. The molecule has 1 heterocycles. The van der Waals surface area contributed by atoms with Crippen LogP contribution in [0.2, 0.25) is 5.32 Å². The molecule has 0 spiro atoms. The van der Waals surface area contributed by atoms with Gasteiger partial charge >= 0.3 is 182 Å². The van der Waals surface area contributed by atoms with E-state index in [9.17, 15) is 0 Å². The Hall–Kier alpha value is -2.06. The van der Waals surface area contributed by atoms with Crippen molar-refractivity contribution < 1.29 is 4.42 Å². The van der Waals surface area contributed by atoms with E-state index in [4.69, 9.17) is 4.42 Å². The van der Waals surface area contributed by atoms with E-state index in [1.165, 1.54) is 15.6 Å². The first-order valence-electron chi connectivity index (χ1n) is 9.34. The summed E-state index contributed by atoms with van der Waals surface area (Å²) in [5.41, 5.74) is 4.75. The van der Waals surface area contributed by atoms with Crippen molar-refractivity contribution in [3.8, 4) is 22.6 Å². The fourth-order valence-electron chi connectivity index (χ4n) is 3.17. The molecular weight excluding hydrogens is 475 g/mol. The van der Waals surface area contributed by atoms with Crippen molar-refractivity contribution in [1.29, 1.82) is 0 Å². The molecule has 0 aliphatic carbocycles. The number of rotatable bonds is 6. The maximum atomic E-state index is 6.42. The first-order chi connectivity index (χ1) is 13.7. The number of hydrogen-bond acceptors (Lipinski definition) is 1. The van der Waals surface area contributed by atoms with Crippen LogP contribution in [0.3, 0.4) is 0 Å². The van der Waals surface area contributed by atoms with Crippen molar-refractivity contribution in [2.24, 2.45) is 0 Å². The molecule has 0 bridgehead atoms. The zero-order chi connectivity index (χ0) is 19.3. The Balaban J connectivity index is 1.68. The van der Waals surface area contributed by atoms with Gasteiger partial charge in [-0.2, -0.15) is 0 Å². The Morgan fingerprint density at radius 1 is 0.750 bits per heavy atom. The SMILES string of the molecule is Cc1ccc(-c2oc(-c3ccccc3)c(Br)c2CC[Se]c2ccccc2)cc1. The van der Waals surface area contributed by atoms with Crippen LogP contribution in [0.4, 0.5) is 0 Å². The number of halogens is 1. The molecule has 0 unspecified atom stereocenters. The summed E-state index contributed by atoms with van der Waals surface area (Å²) in [5.74, 6) is 1.90. The Labute approximate surface area is 181 Å².